The minimum absolute atomic E-state index is 0.114. The fourth-order valence-corrected chi connectivity index (χ4v) is 3.44. The third kappa shape index (κ3) is 3.75. The van der Waals surface area contributed by atoms with E-state index in [1.165, 1.54) is 19.2 Å². The van der Waals surface area contributed by atoms with Crippen molar-refractivity contribution < 1.29 is 18.8 Å². The normalized spacial score (nSPS) is 21.3. The van der Waals surface area contributed by atoms with E-state index in [1.807, 2.05) is 6.07 Å². The van der Waals surface area contributed by atoms with Gasteiger partial charge in [0.25, 0.3) is 5.91 Å². The second-order valence-corrected chi connectivity index (χ2v) is 6.62. The summed E-state index contributed by atoms with van der Waals surface area (Å²) in [7, 11) is 1.54. The quantitative estimate of drug-likeness (QED) is 0.872. The van der Waals surface area contributed by atoms with Crippen molar-refractivity contribution in [1.82, 2.24) is 9.88 Å². The number of hydrogen-bond donors (Lipinski definition) is 1. The van der Waals surface area contributed by atoms with Crippen LogP contribution in [0.25, 0.3) is 0 Å². The Bertz CT molecular complexity index is 889. The number of nitrogens with zero attached hydrogens (tertiary/aromatic N) is 3. The Kier molecular flexibility index (Phi) is 4.72. The number of oxime groups is 1. The number of aromatic nitrogens is 1. The lowest BCUT2D eigenvalue weighted by Gasteiger charge is -2.16. The van der Waals surface area contributed by atoms with Gasteiger partial charge in [0.15, 0.2) is 5.71 Å². The molecule has 8 heteroatoms. The molecule has 2 aliphatic heterocycles. The lowest BCUT2D eigenvalue weighted by Crippen LogP contribution is -2.32. The highest BCUT2D eigenvalue weighted by Crippen LogP contribution is 2.29. The fourth-order valence-electron chi connectivity index (χ4n) is 3.44. The molecule has 1 amide bonds. The molecule has 0 bridgehead atoms. The lowest BCUT2D eigenvalue weighted by atomic mass is 10.0. The second kappa shape index (κ2) is 7.32. The molecule has 0 spiro atoms. The molecule has 0 aliphatic carbocycles. The van der Waals surface area contributed by atoms with E-state index in [0.29, 0.717) is 36.8 Å². The van der Waals surface area contributed by atoms with Crippen LogP contribution in [0.3, 0.4) is 0 Å². The third-order valence-corrected chi connectivity index (χ3v) is 4.71. The Morgan fingerprint density at radius 1 is 1.37 bits per heavy atom. The van der Waals surface area contributed by atoms with Crippen molar-refractivity contribution in [3.8, 4) is 5.75 Å². The predicted octanol–water partition coefficient (Wildman–Crippen LogP) is 2.05. The monoisotopic (exact) mass is 370 g/mol. The van der Waals surface area contributed by atoms with E-state index in [2.05, 4.69) is 20.4 Å². The highest BCUT2D eigenvalue weighted by molar-refractivity contribution is 6.44. The standard InChI is InChI=1S/C19H19FN4O3/c1-26-15-6-14(7-21-8-15)22-19(25)18-16-10-24(11-17(16)27-23-18)9-12-3-2-4-13(20)5-12/h2-8,16-17H,9-11H2,1H3,(H,22,25)/t16-,17+/m0/s1. The summed E-state index contributed by atoms with van der Waals surface area (Å²) in [5.74, 6) is -0.128. The van der Waals surface area contributed by atoms with E-state index in [0.717, 1.165) is 5.56 Å². The summed E-state index contributed by atoms with van der Waals surface area (Å²) in [6.45, 7) is 1.87. The summed E-state index contributed by atoms with van der Waals surface area (Å²) in [5.41, 5.74) is 1.78. The number of methoxy groups -OCH3 is 1. The molecule has 1 aromatic carbocycles. The number of carbonyl (C=O) groups is 1. The summed E-state index contributed by atoms with van der Waals surface area (Å²) in [5, 5.41) is 6.76. The van der Waals surface area contributed by atoms with Crippen molar-refractivity contribution in [2.24, 2.45) is 11.1 Å². The molecule has 0 saturated carbocycles. The van der Waals surface area contributed by atoms with Gasteiger partial charge in [-0.3, -0.25) is 14.7 Å². The van der Waals surface area contributed by atoms with Gasteiger partial charge in [-0.2, -0.15) is 0 Å². The fraction of sp³-hybridized carbons (Fsp3) is 0.316. The molecule has 2 atom stereocenters. The van der Waals surface area contributed by atoms with Crippen LogP contribution < -0.4 is 10.1 Å². The highest BCUT2D eigenvalue weighted by Gasteiger charge is 2.44. The lowest BCUT2D eigenvalue weighted by molar-refractivity contribution is -0.110. The number of nitrogens with one attached hydrogen (secondary N) is 1. The minimum atomic E-state index is -0.315. The third-order valence-electron chi connectivity index (χ3n) is 4.71. The van der Waals surface area contributed by atoms with Crippen LogP contribution in [-0.4, -0.2) is 47.8 Å². The Morgan fingerprint density at radius 2 is 2.26 bits per heavy atom. The Balaban J connectivity index is 1.40. The number of rotatable bonds is 5. The van der Waals surface area contributed by atoms with E-state index in [1.54, 1.807) is 24.5 Å². The average molecular weight is 370 g/mol. The van der Waals surface area contributed by atoms with Gasteiger partial charge in [0.1, 0.15) is 17.7 Å². The number of carbonyl (C=O) groups excluding carboxylic acids is 1. The Morgan fingerprint density at radius 3 is 3.07 bits per heavy atom. The summed E-state index contributed by atoms with van der Waals surface area (Å²) in [4.78, 5) is 24.2. The number of likely N-dealkylation sites (tertiary alicyclic amines) is 1. The number of amides is 1. The number of benzene rings is 1. The van der Waals surface area contributed by atoms with E-state index in [-0.39, 0.29) is 23.7 Å². The molecule has 3 heterocycles. The molecule has 1 aromatic heterocycles. The summed E-state index contributed by atoms with van der Waals surface area (Å²) >= 11 is 0. The van der Waals surface area contributed by atoms with Crippen molar-refractivity contribution in [1.29, 1.82) is 0 Å². The number of halogens is 1. The molecule has 1 fully saturated rings. The molecule has 140 valence electrons. The van der Waals surface area contributed by atoms with Crippen LogP contribution in [0, 0.1) is 11.7 Å². The van der Waals surface area contributed by atoms with Gasteiger partial charge in [-0.25, -0.2) is 4.39 Å². The van der Waals surface area contributed by atoms with Crippen LogP contribution in [0.15, 0.2) is 47.9 Å². The SMILES string of the molecule is COc1cncc(NC(=O)C2=NO[C@@H]3CN(Cc4cccc(F)c4)C[C@H]23)c1. The molecular weight excluding hydrogens is 351 g/mol. The van der Waals surface area contributed by atoms with Crippen LogP contribution in [0.5, 0.6) is 5.75 Å². The first-order valence-electron chi connectivity index (χ1n) is 8.63. The van der Waals surface area contributed by atoms with E-state index >= 15 is 0 Å². The van der Waals surface area contributed by atoms with Gasteiger partial charge in [0.2, 0.25) is 0 Å². The Labute approximate surface area is 155 Å². The number of hydrogen-bond acceptors (Lipinski definition) is 6. The smallest absolute Gasteiger partial charge is 0.273 e. The molecule has 0 unspecified atom stereocenters. The molecule has 1 saturated heterocycles. The number of ether oxygens (including phenoxy) is 1. The van der Waals surface area contributed by atoms with E-state index < -0.39 is 0 Å². The van der Waals surface area contributed by atoms with Crippen LogP contribution in [0.4, 0.5) is 10.1 Å². The van der Waals surface area contributed by atoms with Crippen LogP contribution in [0.2, 0.25) is 0 Å². The molecule has 4 rings (SSSR count). The zero-order chi connectivity index (χ0) is 18.8. The largest absolute Gasteiger partial charge is 0.495 e. The zero-order valence-electron chi connectivity index (χ0n) is 14.8. The molecule has 1 N–H and O–H groups in total. The predicted molar refractivity (Wildman–Crippen MR) is 96.9 cm³/mol. The van der Waals surface area contributed by atoms with Gasteiger partial charge in [-0.1, -0.05) is 17.3 Å². The van der Waals surface area contributed by atoms with E-state index in [9.17, 15) is 9.18 Å². The molecule has 7 nitrogen and oxygen atoms in total. The van der Waals surface area contributed by atoms with Crippen molar-refractivity contribution in [3.63, 3.8) is 0 Å². The minimum Gasteiger partial charge on any atom is -0.495 e. The summed E-state index contributed by atoms with van der Waals surface area (Å²) in [6, 6.07) is 8.21. The van der Waals surface area contributed by atoms with Crippen molar-refractivity contribution in [2.75, 3.05) is 25.5 Å². The van der Waals surface area contributed by atoms with Crippen LogP contribution in [-0.2, 0) is 16.2 Å². The maximum atomic E-state index is 13.4. The number of fused-ring (bicyclic) bond motifs is 1. The first-order valence-corrected chi connectivity index (χ1v) is 8.63. The second-order valence-electron chi connectivity index (χ2n) is 6.62. The average Bonchev–Trinajstić information content (AvgIpc) is 3.22. The maximum absolute atomic E-state index is 13.4. The molecule has 0 radical (unpaired) electrons. The van der Waals surface area contributed by atoms with Gasteiger partial charge in [-0.15, -0.1) is 0 Å². The maximum Gasteiger partial charge on any atom is 0.273 e. The highest BCUT2D eigenvalue weighted by atomic mass is 19.1. The topological polar surface area (TPSA) is 76.0 Å². The van der Waals surface area contributed by atoms with Crippen LogP contribution in [0.1, 0.15) is 5.56 Å². The van der Waals surface area contributed by atoms with Gasteiger partial charge in [0, 0.05) is 25.7 Å². The molecule has 2 aliphatic rings. The molecule has 27 heavy (non-hydrogen) atoms. The first-order chi connectivity index (χ1) is 13.1. The van der Waals surface area contributed by atoms with Crippen molar-refractivity contribution in [2.45, 2.75) is 12.6 Å². The van der Waals surface area contributed by atoms with E-state index in [4.69, 9.17) is 9.57 Å². The van der Waals surface area contributed by atoms with Gasteiger partial charge in [0.05, 0.1) is 31.1 Å². The van der Waals surface area contributed by atoms with Gasteiger partial charge >= 0.3 is 0 Å². The van der Waals surface area contributed by atoms with Crippen molar-refractivity contribution in [3.05, 3.63) is 54.1 Å². The zero-order valence-corrected chi connectivity index (χ0v) is 14.8. The first kappa shape index (κ1) is 17.4. The summed E-state index contributed by atoms with van der Waals surface area (Å²) in [6.07, 6.45) is 2.94. The summed E-state index contributed by atoms with van der Waals surface area (Å²) < 4.78 is 18.5. The molecule has 2 aromatic rings. The van der Waals surface area contributed by atoms with Gasteiger partial charge < -0.3 is 14.9 Å². The Hall–Kier alpha value is -3.00. The van der Waals surface area contributed by atoms with Gasteiger partial charge in [-0.05, 0) is 17.7 Å². The van der Waals surface area contributed by atoms with Crippen LogP contribution >= 0.6 is 0 Å². The molecular formula is C19H19FN4O3. The van der Waals surface area contributed by atoms with Crippen molar-refractivity contribution >= 4 is 17.3 Å². The number of anilines is 1. The number of pyridine rings is 1.